The Bertz CT molecular complexity index is 1560. The molecular weight excluding hydrogens is 501 g/mol. The average molecular weight is 530 g/mol. The van der Waals surface area contributed by atoms with E-state index >= 15 is 0 Å². The van der Waals surface area contributed by atoms with Crippen molar-refractivity contribution in [3.63, 3.8) is 0 Å². The number of hydrogen-bond donors (Lipinski definition) is 1. The summed E-state index contributed by atoms with van der Waals surface area (Å²) in [6.45, 7) is 1.21. The molecule has 1 aliphatic carbocycles. The topological polar surface area (TPSA) is 97.2 Å². The van der Waals surface area contributed by atoms with E-state index in [1.807, 2.05) is 33.9 Å². The quantitative estimate of drug-likeness (QED) is 0.376. The van der Waals surface area contributed by atoms with Gasteiger partial charge >= 0.3 is 0 Å². The molecule has 1 atom stereocenters. The number of rotatable bonds is 5. The zero-order valence-corrected chi connectivity index (χ0v) is 21.9. The highest BCUT2D eigenvalue weighted by atomic mass is 32.1. The SMILES string of the molecule is COC1CC(n2cc3cc(-c4sc(C(=O)N5CCC[C@@H](N)C5)cc4-c4ccc(C#N)c(F)c4)ccc3n2)C1. The third-order valence-corrected chi connectivity index (χ3v) is 8.82. The van der Waals surface area contributed by atoms with Crippen LogP contribution in [0, 0.1) is 17.1 Å². The van der Waals surface area contributed by atoms with Crippen molar-refractivity contribution >= 4 is 28.1 Å². The van der Waals surface area contributed by atoms with Gasteiger partial charge < -0.3 is 15.4 Å². The molecule has 1 amide bonds. The van der Waals surface area contributed by atoms with Gasteiger partial charge in [-0.05, 0) is 67.1 Å². The number of piperidine rings is 1. The molecule has 0 spiro atoms. The number of nitrogens with zero attached hydrogens (tertiary/aromatic N) is 4. The van der Waals surface area contributed by atoms with Crippen LogP contribution in [0.1, 0.15) is 47.0 Å². The molecule has 1 saturated heterocycles. The van der Waals surface area contributed by atoms with E-state index in [1.165, 1.54) is 23.5 Å². The molecule has 1 aliphatic heterocycles. The summed E-state index contributed by atoms with van der Waals surface area (Å²) >= 11 is 1.40. The van der Waals surface area contributed by atoms with Crippen LogP contribution >= 0.6 is 11.3 Å². The fourth-order valence-electron chi connectivity index (χ4n) is 5.37. The second-order valence-corrected chi connectivity index (χ2v) is 11.2. The molecule has 1 saturated carbocycles. The molecule has 3 heterocycles. The lowest BCUT2D eigenvalue weighted by atomic mass is 9.89. The van der Waals surface area contributed by atoms with Crippen LogP contribution in [0.5, 0.6) is 0 Å². The fourth-order valence-corrected chi connectivity index (χ4v) is 6.51. The van der Waals surface area contributed by atoms with Crippen LogP contribution in [0.15, 0.2) is 48.7 Å². The Morgan fingerprint density at radius 3 is 2.76 bits per heavy atom. The second kappa shape index (κ2) is 9.95. The number of halogens is 1. The number of carbonyl (C=O) groups is 1. The lowest BCUT2D eigenvalue weighted by molar-refractivity contribution is 0.00269. The molecule has 7 nitrogen and oxygen atoms in total. The molecule has 9 heteroatoms. The molecule has 4 aromatic rings. The van der Waals surface area contributed by atoms with E-state index in [0.717, 1.165) is 52.6 Å². The largest absolute Gasteiger partial charge is 0.381 e. The Kier molecular flexibility index (Phi) is 6.48. The van der Waals surface area contributed by atoms with Gasteiger partial charge in [0, 0.05) is 48.3 Å². The van der Waals surface area contributed by atoms with Crippen molar-refractivity contribution in [1.82, 2.24) is 14.7 Å². The van der Waals surface area contributed by atoms with Crippen molar-refractivity contribution in [2.24, 2.45) is 5.73 Å². The van der Waals surface area contributed by atoms with E-state index in [-0.39, 0.29) is 23.6 Å². The Balaban J connectivity index is 1.40. The predicted octanol–water partition coefficient (Wildman–Crippen LogP) is 5.36. The number of aromatic nitrogens is 2. The van der Waals surface area contributed by atoms with Crippen molar-refractivity contribution in [1.29, 1.82) is 5.26 Å². The van der Waals surface area contributed by atoms with Gasteiger partial charge in [-0.25, -0.2) is 4.39 Å². The molecule has 2 N–H and O–H groups in total. The molecule has 6 rings (SSSR count). The molecule has 2 fully saturated rings. The highest BCUT2D eigenvalue weighted by Gasteiger charge is 2.31. The number of nitriles is 1. The second-order valence-electron chi connectivity index (χ2n) is 10.2. The van der Waals surface area contributed by atoms with Gasteiger partial charge in [0.25, 0.3) is 5.91 Å². The average Bonchev–Trinajstić information content (AvgIpc) is 3.52. The van der Waals surface area contributed by atoms with Gasteiger partial charge in [-0.15, -0.1) is 11.3 Å². The van der Waals surface area contributed by atoms with Crippen molar-refractivity contribution in [3.05, 3.63) is 64.9 Å². The highest BCUT2D eigenvalue weighted by molar-refractivity contribution is 7.18. The van der Waals surface area contributed by atoms with Crippen LogP contribution in [0.4, 0.5) is 4.39 Å². The summed E-state index contributed by atoms with van der Waals surface area (Å²) in [5.74, 6) is -0.637. The Labute approximate surface area is 224 Å². The standard InChI is InChI=1S/C29H28FN5O2S/c1-37-23-11-22(12-23)35-15-20-9-18(6-7-26(20)33-35)28-24(17-4-5-19(14-31)25(30)10-17)13-27(38-28)29(36)34-8-2-3-21(32)16-34/h4-7,9-10,13,15,21-23H,2-3,8,11-12,16,32H2,1H3/t21-,22?,23?/m1/s1. The number of hydrogen-bond acceptors (Lipinski definition) is 6. The van der Waals surface area contributed by atoms with Gasteiger partial charge in [-0.1, -0.05) is 12.1 Å². The Hall–Kier alpha value is -3.58. The van der Waals surface area contributed by atoms with Gasteiger partial charge in [0.1, 0.15) is 11.9 Å². The lowest BCUT2D eigenvalue weighted by Crippen LogP contribution is -2.45. The number of benzene rings is 2. The van der Waals surface area contributed by atoms with Crippen LogP contribution in [0.2, 0.25) is 0 Å². The third-order valence-electron chi connectivity index (χ3n) is 7.65. The number of fused-ring (bicyclic) bond motifs is 1. The highest BCUT2D eigenvalue weighted by Crippen LogP contribution is 2.42. The minimum atomic E-state index is -0.580. The summed E-state index contributed by atoms with van der Waals surface area (Å²) in [7, 11) is 1.74. The number of nitrogens with two attached hydrogens (primary N) is 1. The van der Waals surface area contributed by atoms with Crippen LogP contribution in [-0.2, 0) is 4.74 Å². The van der Waals surface area contributed by atoms with E-state index in [1.54, 1.807) is 13.2 Å². The van der Waals surface area contributed by atoms with Crippen molar-refractivity contribution in [2.75, 3.05) is 20.2 Å². The maximum atomic E-state index is 14.6. The number of likely N-dealkylation sites (tertiary alicyclic amines) is 1. The molecule has 38 heavy (non-hydrogen) atoms. The van der Waals surface area contributed by atoms with Crippen LogP contribution in [0.25, 0.3) is 32.5 Å². The smallest absolute Gasteiger partial charge is 0.264 e. The predicted molar refractivity (Wildman–Crippen MR) is 145 cm³/mol. The Morgan fingerprint density at radius 1 is 1.21 bits per heavy atom. The number of amides is 1. The van der Waals surface area contributed by atoms with Gasteiger partial charge in [0.2, 0.25) is 0 Å². The molecule has 0 bridgehead atoms. The molecule has 194 valence electrons. The van der Waals surface area contributed by atoms with Gasteiger partial charge in [-0.3, -0.25) is 9.48 Å². The summed E-state index contributed by atoms with van der Waals surface area (Å²) in [5.41, 5.74) is 9.34. The minimum absolute atomic E-state index is 0.00956. The van der Waals surface area contributed by atoms with E-state index in [4.69, 9.17) is 15.6 Å². The van der Waals surface area contributed by atoms with Crippen molar-refractivity contribution in [3.8, 4) is 27.6 Å². The number of ether oxygens (including phenoxy) is 1. The summed E-state index contributed by atoms with van der Waals surface area (Å²) < 4.78 is 22.1. The summed E-state index contributed by atoms with van der Waals surface area (Å²) in [6.07, 6.45) is 6.03. The first-order chi connectivity index (χ1) is 18.4. The molecule has 0 radical (unpaired) electrons. The summed E-state index contributed by atoms with van der Waals surface area (Å²) in [6, 6.07) is 14.7. The number of thiophene rings is 1. The van der Waals surface area contributed by atoms with Crippen molar-refractivity contribution in [2.45, 2.75) is 43.9 Å². The van der Waals surface area contributed by atoms with Crippen LogP contribution in [-0.4, -0.2) is 52.9 Å². The Morgan fingerprint density at radius 2 is 2.03 bits per heavy atom. The van der Waals surface area contributed by atoms with E-state index in [9.17, 15) is 14.4 Å². The zero-order chi connectivity index (χ0) is 26.4. The molecule has 2 aromatic carbocycles. The maximum Gasteiger partial charge on any atom is 0.264 e. The normalized spacial score (nSPS) is 21.3. The van der Waals surface area contributed by atoms with Gasteiger partial charge in [0.05, 0.1) is 28.1 Å². The summed E-state index contributed by atoms with van der Waals surface area (Å²) in [4.78, 5) is 16.7. The van der Waals surface area contributed by atoms with E-state index < -0.39 is 5.82 Å². The zero-order valence-electron chi connectivity index (χ0n) is 21.1. The van der Waals surface area contributed by atoms with E-state index in [2.05, 4.69) is 12.3 Å². The van der Waals surface area contributed by atoms with Gasteiger partial charge in [-0.2, -0.15) is 10.4 Å². The monoisotopic (exact) mass is 529 g/mol. The number of carbonyl (C=O) groups excluding carboxylic acids is 1. The first-order valence-electron chi connectivity index (χ1n) is 12.8. The third kappa shape index (κ3) is 4.49. The lowest BCUT2D eigenvalue weighted by Gasteiger charge is -2.34. The molecule has 2 aliphatic rings. The molecule has 0 unspecified atom stereocenters. The first kappa shape index (κ1) is 24.7. The first-order valence-corrected chi connectivity index (χ1v) is 13.7. The fraction of sp³-hybridized carbons (Fsp3) is 0.345. The van der Waals surface area contributed by atoms with Crippen LogP contribution in [0.3, 0.4) is 0 Å². The van der Waals surface area contributed by atoms with Crippen molar-refractivity contribution < 1.29 is 13.9 Å². The molecular formula is C29H28FN5O2S. The summed E-state index contributed by atoms with van der Waals surface area (Å²) in [5, 5.41) is 15.0. The number of methoxy groups -OCH3 is 1. The van der Waals surface area contributed by atoms with E-state index in [0.29, 0.717) is 29.6 Å². The van der Waals surface area contributed by atoms with Crippen LogP contribution < -0.4 is 5.73 Å². The maximum absolute atomic E-state index is 14.6. The van der Waals surface area contributed by atoms with Gasteiger partial charge in [0.15, 0.2) is 0 Å². The minimum Gasteiger partial charge on any atom is -0.381 e. The molecule has 2 aromatic heterocycles.